The van der Waals surface area contributed by atoms with Crippen LogP contribution in [0.1, 0.15) is 18.5 Å². The number of nitrogens with one attached hydrogen (secondary N) is 1. The summed E-state index contributed by atoms with van der Waals surface area (Å²) in [4.78, 5) is 17.6. The Morgan fingerprint density at radius 3 is 2.88 bits per heavy atom. The zero-order valence-corrected chi connectivity index (χ0v) is 10.0. The van der Waals surface area contributed by atoms with Crippen molar-refractivity contribution in [2.24, 2.45) is 4.99 Å². The second-order valence-corrected chi connectivity index (χ2v) is 5.06. The third-order valence-electron chi connectivity index (χ3n) is 3.07. The van der Waals surface area contributed by atoms with Gasteiger partial charge in [-0.25, -0.2) is 4.79 Å². The molecular weight excluding hydrogens is 268 g/mol. The fraction of sp³-hybridized carbons (Fsp3) is 0.250. The van der Waals surface area contributed by atoms with Gasteiger partial charge in [0.1, 0.15) is 5.54 Å². The van der Waals surface area contributed by atoms with Gasteiger partial charge in [-0.2, -0.15) is 4.99 Å². The van der Waals surface area contributed by atoms with Crippen LogP contribution in [0.5, 0.6) is 0 Å². The number of nitrogens with zero attached hydrogens (tertiary/aromatic N) is 1. The normalized spacial score (nSPS) is 17.1. The van der Waals surface area contributed by atoms with Crippen molar-refractivity contribution in [3.8, 4) is 0 Å². The van der Waals surface area contributed by atoms with E-state index in [-0.39, 0.29) is 5.54 Å². The van der Waals surface area contributed by atoms with E-state index in [1.165, 1.54) is 0 Å². The molecule has 1 heterocycles. The van der Waals surface area contributed by atoms with Crippen molar-refractivity contribution >= 4 is 32.9 Å². The van der Waals surface area contributed by atoms with E-state index < -0.39 is 0 Å². The van der Waals surface area contributed by atoms with Crippen molar-refractivity contribution in [1.82, 2.24) is 4.98 Å². The molecule has 0 saturated heterocycles. The Morgan fingerprint density at radius 2 is 2.19 bits per heavy atom. The van der Waals surface area contributed by atoms with Crippen LogP contribution in [-0.2, 0) is 10.3 Å². The number of fused-ring (bicyclic) bond motifs is 1. The Balaban J connectivity index is 2.15. The van der Waals surface area contributed by atoms with Crippen molar-refractivity contribution in [2.45, 2.75) is 18.4 Å². The minimum absolute atomic E-state index is 0.312. The van der Waals surface area contributed by atoms with Gasteiger partial charge in [0.2, 0.25) is 6.08 Å². The highest BCUT2D eigenvalue weighted by Gasteiger charge is 2.46. The molecule has 1 N–H and O–H groups in total. The molecule has 4 heteroatoms. The summed E-state index contributed by atoms with van der Waals surface area (Å²) in [5.41, 5.74) is 1.78. The Morgan fingerprint density at radius 1 is 1.38 bits per heavy atom. The number of halogens is 1. The standard InChI is InChI=1S/C12H9BrN2O/c13-9-1-2-10-8(5-9)6-11(15-10)12(3-4-12)14-7-16/h1-2,5-6,15H,3-4H2. The number of aromatic amines is 1. The maximum atomic E-state index is 10.4. The van der Waals surface area contributed by atoms with Gasteiger partial charge in [-0.1, -0.05) is 15.9 Å². The van der Waals surface area contributed by atoms with E-state index in [0.29, 0.717) is 0 Å². The smallest absolute Gasteiger partial charge is 0.235 e. The molecule has 0 amide bonds. The highest BCUT2D eigenvalue weighted by atomic mass is 79.9. The van der Waals surface area contributed by atoms with Crippen molar-refractivity contribution in [3.63, 3.8) is 0 Å². The second-order valence-electron chi connectivity index (χ2n) is 4.15. The Hall–Kier alpha value is -1.38. The summed E-state index contributed by atoms with van der Waals surface area (Å²) in [5, 5.41) is 1.14. The van der Waals surface area contributed by atoms with E-state index in [1.54, 1.807) is 6.08 Å². The van der Waals surface area contributed by atoms with Gasteiger partial charge >= 0.3 is 0 Å². The molecule has 0 aliphatic heterocycles. The third-order valence-corrected chi connectivity index (χ3v) is 3.56. The maximum Gasteiger partial charge on any atom is 0.235 e. The predicted molar refractivity (Wildman–Crippen MR) is 65.0 cm³/mol. The van der Waals surface area contributed by atoms with Gasteiger partial charge in [0, 0.05) is 21.1 Å². The molecule has 1 saturated carbocycles. The molecule has 0 atom stereocenters. The molecule has 0 bridgehead atoms. The van der Waals surface area contributed by atoms with Crippen molar-refractivity contribution in [1.29, 1.82) is 0 Å². The molecule has 3 nitrogen and oxygen atoms in total. The molecule has 3 rings (SSSR count). The summed E-state index contributed by atoms with van der Waals surface area (Å²) in [6, 6.07) is 8.12. The summed E-state index contributed by atoms with van der Waals surface area (Å²) in [7, 11) is 0. The summed E-state index contributed by atoms with van der Waals surface area (Å²) < 4.78 is 1.05. The van der Waals surface area contributed by atoms with E-state index in [0.717, 1.165) is 33.9 Å². The summed E-state index contributed by atoms with van der Waals surface area (Å²) in [5.74, 6) is 0. The molecule has 1 fully saturated rings. The molecule has 80 valence electrons. The zero-order chi connectivity index (χ0) is 11.2. The quantitative estimate of drug-likeness (QED) is 0.664. The first-order chi connectivity index (χ1) is 7.73. The molecule has 2 aromatic rings. The predicted octanol–water partition coefficient (Wildman–Crippen LogP) is 3.26. The lowest BCUT2D eigenvalue weighted by Crippen LogP contribution is -2.01. The fourth-order valence-electron chi connectivity index (χ4n) is 2.00. The second kappa shape index (κ2) is 3.30. The maximum absolute atomic E-state index is 10.4. The van der Waals surface area contributed by atoms with Crippen LogP contribution in [0.3, 0.4) is 0 Å². The minimum Gasteiger partial charge on any atom is -0.356 e. The molecule has 1 aliphatic rings. The van der Waals surface area contributed by atoms with Crippen LogP contribution in [-0.4, -0.2) is 11.1 Å². The lowest BCUT2D eigenvalue weighted by Gasteiger charge is -2.02. The first-order valence-electron chi connectivity index (χ1n) is 5.11. The van der Waals surface area contributed by atoms with Crippen molar-refractivity contribution < 1.29 is 4.79 Å². The number of aromatic nitrogens is 1. The van der Waals surface area contributed by atoms with Gasteiger partial charge in [-0.05, 0) is 37.1 Å². The van der Waals surface area contributed by atoms with Gasteiger partial charge in [0.05, 0.1) is 0 Å². The first-order valence-corrected chi connectivity index (χ1v) is 5.91. The van der Waals surface area contributed by atoms with Crippen molar-refractivity contribution in [2.75, 3.05) is 0 Å². The lowest BCUT2D eigenvalue weighted by atomic mass is 10.2. The number of rotatable bonds is 2. The van der Waals surface area contributed by atoms with Crippen LogP contribution >= 0.6 is 15.9 Å². The van der Waals surface area contributed by atoms with Gasteiger partial charge < -0.3 is 4.98 Å². The lowest BCUT2D eigenvalue weighted by molar-refractivity contribution is 0.555. The van der Waals surface area contributed by atoms with E-state index in [2.05, 4.69) is 38.0 Å². The molecule has 1 aromatic heterocycles. The van der Waals surface area contributed by atoms with Crippen LogP contribution in [0.2, 0.25) is 0 Å². The summed E-state index contributed by atoms with van der Waals surface area (Å²) >= 11 is 3.44. The summed E-state index contributed by atoms with van der Waals surface area (Å²) in [6.07, 6.45) is 3.52. The summed E-state index contributed by atoms with van der Waals surface area (Å²) in [6.45, 7) is 0. The van der Waals surface area contributed by atoms with E-state index in [1.807, 2.05) is 12.1 Å². The number of hydrogen-bond acceptors (Lipinski definition) is 2. The number of carbonyl (C=O) groups excluding carboxylic acids is 1. The molecule has 1 aromatic carbocycles. The van der Waals surface area contributed by atoms with Crippen LogP contribution in [0.15, 0.2) is 33.7 Å². The number of hydrogen-bond donors (Lipinski definition) is 1. The van der Waals surface area contributed by atoms with Gasteiger partial charge in [-0.15, -0.1) is 0 Å². The van der Waals surface area contributed by atoms with Gasteiger partial charge in [-0.3, -0.25) is 0 Å². The molecule has 0 radical (unpaired) electrons. The monoisotopic (exact) mass is 276 g/mol. The Kier molecular flexibility index (Phi) is 2.03. The van der Waals surface area contributed by atoms with Crippen LogP contribution in [0.25, 0.3) is 10.9 Å². The minimum atomic E-state index is -0.312. The average Bonchev–Trinajstić information content (AvgIpc) is 2.91. The van der Waals surface area contributed by atoms with Crippen molar-refractivity contribution in [3.05, 3.63) is 34.4 Å². The van der Waals surface area contributed by atoms with Crippen LogP contribution < -0.4 is 0 Å². The van der Waals surface area contributed by atoms with Gasteiger partial charge in [0.25, 0.3) is 0 Å². The molecular formula is C12H9BrN2O. The average molecular weight is 277 g/mol. The molecule has 1 aliphatic carbocycles. The number of aliphatic imine (C=N–C) groups is 1. The molecule has 0 spiro atoms. The SMILES string of the molecule is O=C=NC1(c2cc3cc(Br)ccc3[nH]2)CC1. The van der Waals surface area contributed by atoms with E-state index in [4.69, 9.17) is 0 Å². The van der Waals surface area contributed by atoms with E-state index >= 15 is 0 Å². The number of isocyanates is 1. The zero-order valence-electron chi connectivity index (χ0n) is 8.46. The first kappa shape index (κ1) is 9.82. The van der Waals surface area contributed by atoms with Crippen LogP contribution in [0, 0.1) is 0 Å². The highest BCUT2D eigenvalue weighted by molar-refractivity contribution is 9.10. The Labute approximate surface area is 101 Å². The molecule has 0 unspecified atom stereocenters. The fourth-order valence-corrected chi connectivity index (χ4v) is 2.38. The largest absolute Gasteiger partial charge is 0.356 e. The molecule has 16 heavy (non-hydrogen) atoms. The van der Waals surface area contributed by atoms with E-state index in [9.17, 15) is 4.79 Å². The topological polar surface area (TPSA) is 45.2 Å². The number of H-pyrrole nitrogens is 1. The number of benzene rings is 1. The Bertz CT molecular complexity index is 607. The highest BCUT2D eigenvalue weighted by Crippen LogP contribution is 2.49. The van der Waals surface area contributed by atoms with Gasteiger partial charge in [0.15, 0.2) is 0 Å². The van der Waals surface area contributed by atoms with Crippen LogP contribution in [0.4, 0.5) is 0 Å². The third kappa shape index (κ3) is 1.42.